The van der Waals surface area contributed by atoms with E-state index in [9.17, 15) is 0 Å². The molecule has 2 N–H and O–H groups in total. The Morgan fingerprint density at radius 3 is 2.56 bits per heavy atom. The summed E-state index contributed by atoms with van der Waals surface area (Å²) in [6.45, 7) is 2.02. The van der Waals surface area contributed by atoms with Gasteiger partial charge < -0.3 is 5.73 Å². The topological polar surface area (TPSA) is 38.9 Å². The van der Waals surface area contributed by atoms with Crippen molar-refractivity contribution in [2.45, 2.75) is 16.8 Å². The van der Waals surface area contributed by atoms with Gasteiger partial charge in [-0.05, 0) is 42.8 Å². The number of nitrogens with two attached hydrogens (primary N) is 1. The first kappa shape index (κ1) is 11.5. The predicted octanol–water partition coefficient (Wildman–Crippen LogP) is 3.89. The molecule has 0 amide bonds. The molecule has 0 atom stereocenters. The maximum Gasteiger partial charge on any atom is 0.104 e. The third-order valence-corrected chi connectivity index (χ3v) is 3.74. The van der Waals surface area contributed by atoms with Crippen LogP contribution in [0.2, 0.25) is 0 Å². The van der Waals surface area contributed by atoms with E-state index in [-0.39, 0.29) is 0 Å². The van der Waals surface area contributed by atoms with Gasteiger partial charge >= 0.3 is 0 Å². The molecular weight excluding hydrogens is 284 g/mol. The van der Waals surface area contributed by atoms with E-state index in [4.69, 9.17) is 5.73 Å². The number of halogens is 1. The number of nitrogen functional groups attached to an aromatic ring is 1. The van der Waals surface area contributed by atoms with E-state index >= 15 is 0 Å². The van der Waals surface area contributed by atoms with Crippen LogP contribution in [0.1, 0.15) is 5.56 Å². The van der Waals surface area contributed by atoms with Crippen LogP contribution in [0.5, 0.6) is 0 Å². The van der Waals surface area contributed by atoms with Crippen LogP contribution in [0.15, 0.2) is 50.9 Å². The second kappa shape index (κ2) is 4.89. The molecule has 2 nitrogen and oxygen atoms in total. The maximum atomic E-state index is 5.66. The molecule has 4 heteroatoms. The van der Waals surface area contributed by atoms with Gasteiger partial charge in [0.25, 0.3) is 0 Å². The maximum absolute atomic E-state index is 5.66. The van der Waals surface area contributed by atoms with Crippen molar-refractivity contribution in [3.63, 3.8) is 0 Å². The highest BCUT2D eigenvalue weighted by molar-refractivity contribution is 9.10. The summed E-state index contributed by atoms with van der Waals surface area (Å²) < 4.78 is 1.08. The van der Waals surface area contributed by atoms with Crippen molar-refractivity contribution >= 4 is 33.4 Å². The van der Waals surface area contributed by atoms with Crippen LogP contribution in [-0.4, -0.2) is 4.98 Å². The number of nitrogens with zero attached hydrogens (tertiary/aromatic N) is 1. The quantitative estimate of drug-likeness (QED) is 0.913. The minimum atomic E-state index is 0.706. The van der Waals surface area contributed by atoms with Crippen molar-refractivity contribution in [1.82, 2.24) is 4.98 Å². The molecule has 0 aliphatic rings. The molecule has 0 saturated heterocycles. The van der Waals surface area contributed by atoms with Crippen LogP contribution in [0, 0.1) is 6.92 Å². The lowest BCUT2D eigenvalue weighted by atomic mass is 10.3. The number of benzene rings is 1. The average Bonchev–Trinajstić information content (AvgIpc) is 2.25. The summed E-state index contributed by atoms with van der Waals surface area (Å²) in [5, 5.41) is 0.997. The summed E-state index contributed by atoms with van der Waals surface area (Å²) in [6.07, 6.45) is 1.69. The third kappa shape index (κ3) is 2.77. The summed E-state index contributed by atoms with van der Waals surface area (Å²) in [5.41, 5.74) is 7.47. The van der Waals surface area contributed by atoms with Crippen LogP contribution in [-0.2, 0) is 0 Å². The van der Waals surface area contributed by atoms with Gasteiger partial charge in [-0.25, -0.2) is 4.98 Å². The standard InChI is InChI=1S/C12H11BrN2S/c1-8-6-10(14)7-15-12(8)16-11-4-2-9(13)3-5-11/h2-7H,14H2,1H3. The van der Waals surface area contributed by atoms with E-state index < -0.39 is 0 Å². The molecule has 0 fully saturated rings. The molecule has 0 radical (unpaired) electrons. The SMILES string of the molecule is Cc1cc(N)cnc1Sc1ccc(Br)cc1. The van der Waals surface area contributed by atoms with Crippen molar-refractivity contribution in [3.8, 4) is 0 Å². The van der Waals surface area contributed by atoms with Gasteiger partial charge in [-0.1, -0.05) is 27.7 Å². The first-order valence-corrected chi connectivity index (χ1v) is 6.41. The van der Waals surface area contributed by atoms with E-state index in [0.29, 0.717) is 5.69 Å². The van der Waals surface area contributed by atoms with Crippen molar-refractivity contribution in [2.24, 2.45) is 0 Å². The van der Waals surface area contributed by atoms with Crippen LogP contribution < -0.4 is 5.73 Å². The average molecular weight is 295 g/mol. The van der Waals surface area contributed by atoms with Gasteiger partial charge in [-0.15, -0.1) is 0 Å². The lowest BCUT2D eigenvalue weighted by molar-refractivity contribution is 1.08. The molecule has 2 aromatic rings. The number of aromatic nitrogens is 1. The smallest absolute Gasteiger partial charge is 0.104 e. The molecule has 0 aliphatic carbocycles. The Morgan fingerprint density at radius 2 is 1.94 bits per heavy atom. The highest BCUT2D eigenvalue weighted by Gasteiger charge is 2.03. The van der Waals surface area contributed by atoms with Gasteiger partial charge in [-0.2, -0.15) is 0 Å². The molecule has 0 bridgehead atoms. The van der Waals surface area contributed by atoms with E-state index in [2.05, 4.69) is 33.0 Å². The first-order chi connectivity index (χ1) is 7.65. The van der Waals surface area contributed by atoms with Crippen molar-refractivity contribution in [3.05, 3.63) is 46.6 Å². The second-order valence-corrected chi connectivity index (χ2v) is 5.42. The Labute approximate surface area is 107 Å². The first-order valence-electron chi connectivity index (χ1n) is 4.81. The third-order valence-electron chi connectivity index (χ3n) is 2.08. The van der Waals surface area contributed by atoms with Gasteiger partial charge in [-0.3, -0.25) is 0 Å². The lowest BCUT2D eigenvalue weighted by Crippen LogP contribution is -1.90. The fraction of sp³-hybridized carbons (Fsp3) is 0.0833. The largest absolute Gasteiger partial charge is 0.397 e. The lowest BCUT2D eigenvalue weighted by Gasteiger charge is -2.05. The number of hydrogen-bond donors (Lipinski definition) is 1. The highest BCUT2D eigenvalue weighted by Crippen LogP contribution is 2.29. The van der Waals surface area contributed by atoms with Crippen molar-refractivity contribution < 1.29 is 0 Å². The Balaban J connectivity index is 2.23. The molecule has 1 aromatic heterocycles. The van der Waals surface area contributed by atoms with Crippen LogP contribution >= 0.6 is 27.7 Å². The molecule has 16 heavy (non-hydrogen) atoms. The van der Waals surface area contributed by atoms with Gasteiger partial charge in [0, 0.05) is 9.37 Å². The summed E-state index contributed by atoms with van der Waals surface area (Å²) in [4.78, 5) is 5.49. The fourth-order valence-electron chi connectivity index (χ4n) is 1.31. The number of rotatable bonds is 2. The molecule has 1 heterocycles. The molecule has 0 saturated carbocycles. The van der Waals surface area contributed by atoms with Gasteiger partial charge in [0.05, 0.1) is 11.9 Å². The zero-order chi connectivity index (χ0) is 11.5. The normalized spacial score (nSPS) is 10.4. The molecule has 0 aliphatic heterocycles. The van der Waals surface area contributed by atoms with E-state index in [1.165, 1.54) is 4.90 Å². The Bertz CT molecular complexity index is 497. The predicted molar refractivity (Wildman–Crippen MR) is 71.7 cm³/mol. The van der Waals surface area contributed by atoms with E-state index in [1.807, 2.05) is 25.1 Å². The molecule has 0 spiro atoms. The van der Waals surface area contributed by atoms with E-state index in [1.54, 1.807) is 18.0 Å². The molecule has 2 rings (SSSR count). The van der Waals surface area contributed by atoms with Gasteiger partial charge in [0.15, 0.2) is 0 Å². The number of anilines is 1. The summed E-state index contributed by atoms with van der Waals surface area (Å²) in [5.74, 6) is 0. The zero-order valence-corrected chi connectivity index (χ0v) is 11.2. The number of aryl methyl sites for hydroxylation is 1. The Morgan fingerprint density at radius 1 is 1.25 bits per heavy atom. The van der Waals surface area contributed by atoms with Gasteiger partial charge in [0.1, 0.15) is 5.03 Å². The Kier molecular flexibility index (Phi) is 3.51. The number of hydrogen-bond acceptors (Lipinski definition) is 3. The highest BCUT2D eigenvalue weighted by atomic mass is 79.9. The minimum absolute atomic E-state index is 0.706. The second-order valence-electron chi connectivity index (χ2n) is 3.45. The molecule has 82 valence electrons. The van der Waals surface area contributed by atoms with E-state index in [0.717, 1.165) is 15.1 Å². The Hall–Kier alpha value is -1.00. The molecule has 0 unspecified atom stereocenters. The summed E-state index contributed by atoms with van der Waals surface area (Å²) in [6, 6.07) is 10.1. The van der Waals surface area contributed by atoms with Crippen molar-refractivity contribution in [2.75, 3.05) is 5.73 Å². The van der Waals surface area contributed by atoms with Gasteiger partial charge in [0.2, 0.25) is 0 Å². The van der Waals surface area contributed by atoms with Crippen LogP contribution in [0.3, 0.4) is 0 Å². The minimum Gasteiger partial charge on any atom is -0.397 e. The summed E-state index contributed by atoms with van der Waals surface area (Å²) in [7, 11) is 0. The summed E-state index contributed by atoms with van der Waals surface area (Å²) >= 11 is 5.06. The van der Waals surface area contributed by atoms with Crippen LogP contribution in [0.25, 0.3) is 0 Å². The van der Waals surface area contributed by atoms with Crippen molar-refractivity contribution in [1.29, 1.82) is 0 Å². The van der Waals surface area contributed by atoms with Crippen LogP contribution in [0.4, 0.5) is 5.69 Å². The number of pyridine rings is 1. The monoisotopic (exact) mass is 294 g/mol. The molecular formula is C12H11BrN2S. The zero-order valence-electron chi connectivity index (χ0n) is 8.77. The fourth-order valence-corrected chi connectivity index (χ4v) is 2.39. The molecule has 1 aromatic carbocycles.